The lowest BCUT2D eigenvalue weighted by atomic mass is 10.1. The van der Waals surface area contributed by atoms with Gasteiger partial charge in [0, 0.05) is 11.5 Å². The molecule has 0 saturated heterocycles. The van der Waals surface area contributed by atoms with Gasteiger partial charge in [0.1, 0.15) is 16.3 Å². The van der Waals surface area contributed by atoms with Gasteiger partial charge in [-0.15, -0.1) is 11.3 Å². The fourth-order valence-corrected chi connectivity index (χ4v) is 4.22. The van der Waals surface area contributed by atoms with Gasteiger partial charge in [-0.2, -0.15) is 0 Å². The van der Waals surface area contributed by atoms with Gasteiger partial charge in [0.2, 0.25) is 0 Å². The van der Waals surface area contributed by atoms with Crippen molar-refractivity contribution in [3.8, 4) is 16.3 Å². The standard InChI is InChI=1S/C24H15NO4S/c1-14-6-2-3-7-17(14)23(26)28-16-11-10-15-12-18(24(27)29-20(15)13-16)22-25-19-8-4-5-9-21(19)30-22/h2-13H,1H3. The molecule has 0 aliphatic heterocycles. The first-order chi connectivity index (χ1) is 14.6. The molecule has 2 aromatic heterocycles. The van der Waals surface area contributed by atoms with Crippen molar-refractivity contribution in [1.82, 2.24) is 4.98 Å². The summed E-state index contributed by atoms with van der Waals surface area (Å²) in [5.41, 5.74) is 2.44. The first kappa shape index (κ1) is 18.3. The zero-order valence-corrected chi connectivity index (χ0v) is 16.7. The van der Waals surface area contributed by atoms with Gasteiger partial charge in [0.15, 0.2) is 0 Å². The third kappa shape index (κ3) is 3.27. The average molecular weight is 413 g/mol. The maximum absolute atomic E-state index is 12.6. The molecule has 30 heavy (non-hydrogen) atoms. The number of carbonyl (C=O) groups excluding carboxylic acids is 1. The number of rotatable bonds is 3. The zero-order chi connectivity index (χ0) is 20.7. The first-order valence-electron chi connectivity index (χ1n) is 9.30. The third-order valence-electron chi connectivity index (χ3n) is 4.81. The Labute approximate surface area is 175 Å². The summed E-state index contributed by atoms with van der Waals surface area (Å²) in [6.07, 6.45) is 0. The number of aromatic nitrogens is 1. The predicted molar refractivity (Wildman–Crippen MR) is 117 cm³/mol. The second-order valence-corrected chi connectivity index (χ2v) is 7.87. The first-order valence-corrected chi connectivity index (χ1v) is 10.1. The number of fused-ring (bicyclic) bond motifs is 2. The Kier molecular flexibility index (Phi) is 4.41. The normalized spacial score (nSPS) is 11.1. The topological polar surface area (TPSA) is 69.4 Å². The molecule has 0 amide bonds. The summed E-state index contributed by atoms with van der Waals surface area (Å²) >= 11 is 1.44. The van der Waals surface area contributed by atoms with Crippen molar-refractivity contribution < 1.29 is 13.9 Å². The van der Waals surface area contributed by atoms with Gasteiger partial charge >= 0.3 is 11.6 Å². The highest BCUT2D eigenvalue weighted by Gasteiger charge is 2.15. The van der Waals surface area contributed by atoms with Crippen molar-refractivity contribution in [1.29, 1.82) is 0 Å². The van der Waals surface area contributed by atoms with Crippen LogP contribution in [0.3, 0.4) is 0 Å². The van der Waals surface area contributed by atoms with E-state index in [9.17, 15) is 9.59 Å². The van der Waals surface area contributed by atoms with Gasteiger partial charge in [-0.3, -0.25) is 0 Å². The van der Waals surface area contributed by atoms with E-state index in [1.165, 1.54) is 11.3 Å². The number of benzene rings is 3. The molecule has 0 unspecified atom stereocenters. The highest BCUT2D eigenvalue weighted by Crippen LogP contribution is 2.30. The summed E-state index contributed by atoms with van der Waals surface area (Å²) in [6, 6.07) is 21.7. The van der Waals surface area contributed by atoms with E-state index in [0.29, 0.717) is 27.5 Å². The van der Waals surface area contributed by atoms with E-state index < -0.39 is 11.6 Å². The molecule has 0 N–H and O–H groups in total. The highest BCUT2D eigenvalue weighted by atomic mass is 32.1. The van der Waals surface area contributed by atoms with Crippen molar-refractivity contribution in [3.05, 3.63) is 94.3 Å². The second kappa shape index (κ2) is 7.24. The molecule has 0 atom stereocenters. The van der Waals surface area contributed by atoms with Gasteiger partial charge in [-0.1, -0.05) is 30.3 Å². The van der Waals surface area contributed by atoms with E-state index in [2.05, 4.69) is 4.98 Å². The number of nitrogens with zero attached hydrogens (tertiary/aromatic N) is 1. The van der Waals surface area contributed by atoms with Crippen LogP contribution in [0.2, 0.25) is 0 Å². The molecule has 0 bridgehead atoms. The number of aryl methyl sites for hydroxylation is 1. The highest BCUT2D eigenvalue weighted by molar-refractivity contribution is 7.21. The van der Waals surface area contributed by atoms with Crippen molar-refractivity contribution >= 4 is 38.5 Å². The van der Waals surface area contributed by atoms with Crippen LogP contribution in [0, 0.1) is 6.92 Å². The minimum absolute atomic E-state index is 0.312. The van der Waals surface area contributed by atoms with E-state index in [1.807, 2.05) is 43.3 Å². The van der Waals surface area contributed by atoms with Crippen molar-refractivity contribution in [3.63, 3.8) is 0 Å². The lowest BCUT2D eigenvalue weighted by Gasteiger charge is -2.07. The summed E-state index contributed by atoms with van der Waals surface area (Å²) in [6.45, 7) is 1.85. The van der Waals surface area contributed by atoms with Crippen LogP contribution in [-0.2, 0) is 0 Å². The van der Waals surface area contributed by atoms with E-state index in [4.69, 9.17) is 9.15 Å². The SMILES string of the molecule is Cc1ccccc1C(=O)Oc1ccc2cc(-c3nc4ccccc4s3)c(=O)oc2c1. The number of esters is 1. The Morgan fingerprint density at radius 3 is 2.63 bits per heavy atom. The van der Waals surface area contributed by atoms with E-state index in [-0.39, 0.29) is 0 Å². The zero-order valence-electron chi connectivity index (χ0n) is 15.9. The van der Waals surface area contributed by atoms with Gasteiger partial charge < -0.3 is 9.15 Å². The molecular formula is C24H15NO4S. The number of hydrogen-bond acceptors (Lipinski definition) is 6. The number of hydrogen-bond donors (Lipinski definition) is 0. The van der Waals surface area contributed by atoms with Crippen LogP contribution in [0.5, 0.6) is 5.75 Å². The largest absolute Gasteiger partial charge is 0.423 e. The molecule has 3 aromatic carbocycles. The molecule has 5 rings (SSSR count). The Morgan fingerprint density at radius 1 is 1.00 bits per heavy atom. The molecule has 2 heterocycles. The van der Waals surface area contributed by atoms with Crippen LogP contribution < -0.4 is 10.4 Å². The predicted octanol–water partition coefficient (Wildman–Crippen LogP) is 5.60. The fraction of sp³-hybridized carbons (Fsp3) is 0.0417. The molecule has 0 aliphatic carbocycles. The summed E-state index contributed by atoms with van der Waals surface area (Å²) in [5.74, 6) is -0.146. The van der Waals surface area contributed by atoms with Crippen molar-refractivity contribution in [2.24, 2.45) is 0 Å². The van der Waals surface area contributed by atoms with Crippen LogP contribution >= 0.6 is 11.3 Å². The molecule has 6 heteroatoms. The molecular weight excluding hydrogens is 398 g/mol. The second-order valence-electron chi connectivity index (χ2n) is 6.84. The third-order valence-corrected chi connectivity index (χ3v) is 5.88. The molecule has 0 saturated carbocycles. The summed E-state index contributed by atoms with van der Waals surface area (Å²) < 4.78 is 12.0. The molecule has 5 nitrogen and oxygen atoms in total. The maximum atomic E-state index is 12.6. The van der Waals surface area contributed by atoms with Crippen LogP contribution in [0.1, 0.15) is 15.9 Å². The maximum Gasteiger partial charge on any atom is 0.346 e. The lowest BCUT2D eigenvalue weighted by molar-refractivity contribution is 0.0734. The molecule has 5 aromatic rings. The lowest BCUT2D eigenvalue weighted by Crippen LogP contribution is -2.10. The Morgan fingerprint density at radius 2 is 1.80 bits per heavy atom. The van der Waals surface area contributed by atoms with Gasteiger partial charge in [0.25, 0.3) is 0 Å². The minimum atomic E-state index is -0.482. The summed E-state index contributed by atoms with van der Waals surface area (Å²) in [4.78, 5) is 29.6. The average Bonchev–Trinajstić information content (AvgIpc) is 3.17. The number of ether oxygens (including phenoxy) is 1. The van der Waals surface area contributed by atoms with Crippen molar-refractivity contribution in [2.75, 3.05) is 0 Å². The van der Waals surface area contributed by atoms with E-state index in [1.54, 1.807) is 36.4 Å². The van der Waals surface area contributed by atoms with Crippen LogP contribution in [0.15, 0.2) is 82.0 Å². The van der Waals surface area contributed by atoms with E-state index >= 15 is 0 Å². The Hall–Kier alpha value is -3.77. The number of para-hydroxylation sites is 1. The molecule has 0 radical (unpaired) electrons. The van der Waals surface area contributed by atoms with Gasteiger partial charge in [0.05, 0.1) is 21.3 Å². The molecule has 0 fully saturated rings. The minimum Gasteiger partial charge on any atom is -0.423 e. The quantitative estimate of drug-likeness (QED) is 0.219. The smallest absolute Gasteiger partial charge is 0.346 e. The molecule has 0 aliphatic rings. The van der Waals surface area contributed by atoms with Crippen LogP contribution in [0.4, 0.5) is 0 Å². The summed E-state index contributed by atoms with van der Waals surface area (Å²) in [5, 5.41) is 1.33. The fourth-order valence-electron chi connectivity index (χ4n) is 3.26. The monoisotopic (exact) mass is 413 g/mol. The number of thiazole rings is 1. The van der Waals surface area contributed by atoms with Gasteiger partial charge in [-0.05, 0) is 48.9 Å². The van der Waals surface area contributed by atoms with Crippen LogP contribution in [-0.4, -0.2) is 11.0 Å². The van der Waals surface area contributed by atoms with E-state index in [0.717, 1.165) is 21.2 Å². The van der Waals surface area contributed by atoms with Crippen LogP contribution in [0.25, 0.3) is 31.8 Å². The van der Waals surface area contributed by atoms with Gasteiger partial charge in [-0.25, -0.2) is 14.6 Å². The van der Waals surface area contributed by atoms with Crippen molar-refractivity contribution in [2.45, 2.75) is 6.92 Å². The molecule has 146 valence electrons. The number of carbonyl (C=O) groups is 1. The Balaban J connectivity index is 1.50. The molecule has 0 spiro atoms. The summed E-state index contributed by atoms with van der Waals surface area (Å²) in [7, 11) is 0. The Bertz CT molecular complexity index is 1450.